The maximum Gasteiger partial charge on any atom is 0.488 e. The van der Waals surface area contributed by atoms with Crippen LogP contribution in [0.2, 0.25) is 0 Å². The number of rotatable bonds is 5. The molecule has 2 N–H and O–H groups in total. The molecule has 0 fully saturated rings. The molecule has 0 amide bonds. The Balaban J connectivity index is 2.06. The summed E-state index contributed by atoms with van der Waals surface area (Å²) < 4.78 is 0. The molecule has 0 aliphatic carbocycles. The van der Waals surface area contributed by atoms with Crippen molar-refractivity contribution >= 4 is 35.5 Å². The van der Waals surface area contributed by atoms with Gasteiger partial charge in [0.1, 0.15) is 0 Å². The lowest BCUT2D eigenvalue weighted by molar-refractivity contribution is 0.0896. The van der Waals surface area contributed by atoms with E-state index in [0.717, 1.165) is 0 Å². The first-order valence-corrected chi connectivity index (χ1v) is 6.52. The first-order valence-electron chi connectivity index (χ1n) is 5.64. The van der Waals surface area contributed by atoms with E-state index in [0.29, 0.717) is 15.9 Å². The van der Waals surface area contributed by atoms with Crippen molar-refractivity contribution < 1.29 is 19.6 Å². The summed E-state index contributed by atoms with van der Waals surface area (Å²) in [7, 11) is -1.56. The zero-order valence-corrected chi connectivity index (χ0v) is 10.8. The zero-order valence-electron chi connectivity index (χ0n) is 9.95. The summed E-state index contributed by atoms with van der Waals surface area (Å²) in [5.41, 5.74) is 0.690. The molecule has 2 rings (SSSR count). The summed E-state index contributed by atoms with van der Waals surface area (Å²) in [6, 6.07) is 9.32. The van der Waals surface area contributed by atoms with E-state index in [1.54, 1.807) is 17.5 Å². The summed E-state index contributed by atoms with van der Waals surface area (Å²) >= 11 is 1.31. The number of carbonyl (C=O) groups excluding carboxylic acids is 2. The Kier molecular flexibility index (Phi) is 4.26. The molecule has 19 heavy (non-hydrogen) atoms. The van der Waals surface area contributed by atoms with Crippen LogP contribution in [-0.4, -0.2) is 28.7 Å². The Morgan fingerprint density at radius 3 is 2.26 bits per heavy atom. The molecule has 0 aliphatic rings. The molecule has 0 aliphatic heterocycles. The average Bonchev–Trinajstić information content (AvgIpc) is 2.92. The number of thiophene rings is 1. The summed E-state index contributed by atoms with van der Waals surface area (Å²) in [6.45, 7) is 0. The van der Waals surface area contributed by atoms with Crippen LogP contribution in [0, 0.1) is 0 Å². The summed E-state index contributed by atoms with van der Waals surface area (Å²) in [4.78, 5) is 24.2. The van der Waals surface area contributed by atoms with E-state index >= 15 is 0 Å². The Morgan fingerprint density at radius 1 is 1.05 bits per heavy atom. The van der Waals surface area contributed by atoms with Gasteiger partial charge in [0.15, 0.2) is 11.6 Å². The van der Waals surface area contributed by atoms with Crippen molar-refractivity contribution in [2.45, 2.75) is 6.42 Å². The van der Waals surface area contributed by atoms with Gasteiger partial charge in [0.05, 0.1) is 11.3 Å². The van der Waals surface area contributed by atoms with Crippen LogP contribution in [0.4, 0.5) is 0 Å². The smallest absolute Gasteiger partial charge is 0.423 e. The molecule has 0 spiro atoms. The van der Waals surface area contributed by atoms with E-state index in [9.17, 15) is 9.59 Å². The van der Waals surface area contributed by atoms with Crippen molar-refractivity contribution in [1.29, 1.82) is 0 Å². The van der Waals surface area contributed by atoms with Crippen molar-refractivity contribution in [2.24, 2.45) is 0 Å². The van der Waals surface area contributed by atoms with Crippen LogP contribution in [0.3, 0.4) is 0 Å². The number of hydrogen-bond acceptors (Lipinski definition) is 5. The predicted octanol–water partition coefficient (Wildman–Crippen LogP) is 0.884. The zero-order chi connectivity index (χ0) is 13.8. The largest absolute Gasteiger partial charge is 0.488 e. The molecule has 1 aromatic heterocycles. The average molecular weight is 274 g/mol. The third-order valence-corrected chi connectivity index (χ3v) is 3.56. The van der Waals surface area contributed by atoms with Crippen molar-refractivity contribution in [3.05, 3.63) is 52.2 Å². The van der Waals surface area contributed by atoms with Crippen molar-refractivity contribution in [3.63, 3.8) is 0 Å². The fourth-order valence-corrected chi connectivity index (χ4v) is 2.28. The minimum atomic E-state index is -1.56. The monoisotopic (exact) mass is 274 g/mol. The number of hydrogen-bond donors (Lipinski definition) is 2. The van der Waals surface area contributed by atoms with Crippen LogP contribution in [0.25, 0.3) is 0 Å². The van der Waals surface area contributed by atoms with Crippen LogP contribution in [-0.2, 0) is 0 Å². The second-order valence-corrected chi connectivity index (χ2v) is 4.94. The van der Waals surface area contributed by atoms with Gasteiger partial charge < -0.3 is 10.0 Å². The number of Topliss-reactive ketones (excluding diaryl/α,β-unsaturated/α-hetero) is 2. The van der Waals surface area contributed by atoms with Crippen molar-refractivity contribution in [3.8, 4) is 0 Å². The molecule has 2 aromatic rings. The predicted molar refractivity (Wildman–Crippen MR) is 73.9 cm³/mol. The minimum Gasteiger partial charge on any atom is -0.423 e. The molecule has 0 atom stereocenters. The second kappa shape index (κ2) is 5.92. The Hall–Kier alpha value is -1.76. The first-order chi connectivity index (χ1) is 9.08. The molecule has 0 unspecified atom stereocenters. The molecule has 1 aromatic carbocycles. The lowest BCUT2D eigenvalue weighted by Gasteiger charge is -2.02. The van der Waals surface area contributed by atoms with E-state index in [1.807, 2.05) is 0 Å². The van der Waals surface area contributed by atoms with Gasteiger partial charge >= 0.3 is 7.12 Å². The normalized spacial score (nSPS) is 10.2. The number of carbonyl (C=O) groups is 2. The maximum absolute atomic E-state index is 11.9. The van der Waals surface area contributed by atoms with Gasteiger partial charge in [-0.15, -0.1) is 11.3 Å². The van der Waals surface area contributed by atoms with E-state index in [4.69, 9.17) is 10.0 Å². The summed E-state index contributed by atoms with van der Waals surface area (Å²) in [6.07, 6.45) is -0.179. The SMILES string of the molecule is O=C(CC(=O)c1cccs1)c1ccc(B(O)O)cc1. The maximum atomic E-state index is 11.9. The highest BCUT2D eigenvalue weighted by Gasteiger charge is 2.16. The van der Waals surface area contributed by atoms with Crippen LogP contribution < -0.4 is 5.46 Å². The van der Waals surface area contributed by atoms with E-state index in [1.165, 1.54) is 35.6 Å². The topological polar surface area (TPSA) is 74.6 Å². The van der Waals surface area contributed by atoms with Gasteiger partial charge in [-0.3, -0.25) is 9.59 Å². The molecular weight excluding hydrogens is 263 g/mol. The fourth-order valence-electron chi connectivity index (χ4n) is 1.61. The Bertz CT molecular complexity index is 575. The van der Waals surface area contributed by atoms with Crippen LogP contribution in [0.15, 0.2) is 41.8 Å². The van der Waals surface area contributed by atoms with Gasteiger partial charge in [0.2, 0.25) is 0 Å². The fraction of sp³-hybridized carbons (Fsp3) is 0.0769. The highest BCUT2D eigenvalue weighted by atomic mass is 32.1. The molecule has 4 nitrogen and oxygen atoms in total. The highest BCUT2D eigenvalue weighted by Crippen LogP contribution is 2.13. The van der Waals surface area contributed by atoms with Crippen molar-refractivity contribution in [1.82, 2.24) is 0 Å². The standard InChI is InChI=1S/C13H11BO4S/c15-11(8-12(16)13-2-1-7-19-13)9-3-5-10(6-4-9)14(17)18/h1-7,17-18H,8H2. The molecular formula is C13H11BO4S. The molecule has 6 heteroatoms. The van der Waals surface area contributed by atoms with Gasteiger partial charge in [-0.25, -0.2) is 0 Å². The van der Waals surface area contributed by atoms with Gasteiger partial charge in [-0.1, -0.05) is 30.3 Å². The van der Waals surface area contributed by atoms with Gasteiger partial charge in [-0.2, -0.15) is 0 Å². The Labute approximate surface area is 114 Å². The number of benzene rings is 1. The summed E-state index contributed by atoms with van der Waals surface area (Å²) in [5, 5.41) is 19.7. The van der Waals surface area contributed by atoms with E-state index in [-0.39, 0.29) is 18.0 Å². The van der Waals surface area contributed by atoms with Gasteiger partial charge in [-0.05, 0) is 16.9 Å². The Morgan fingerprint density at radius 2 is 1.74 bits per heavy atom. The third-order valence-electron chi connectivity index (χ3n) is 2.65. The molecule has 0 radical (unpaired) electrons. The van der Waals surface area contributed by atoms with Crippen LogP contribution in [0.5, 0.6) is 0 Å². The van der Waals surface area contributed by atoms with E-state index < -0.39 is 7.12 Å². The second-order valence-electron chi connectivity index (χ2n) is 4.00. The minimum absolute atomic E-state index is 0.179. The van der Waals surface area contributed by atoms with Crippen molar-refractivity contribution in [2.75, 3.05) is 0 Å². The molecule has 0 saturated heterocycles. The lowest BCUT2D eigenvalue weighted by Crippen LogP contribution is -2.29. The van der Waals surface area contributed by atoms with Gasteiger partial charge in [0.25, 0.3) is 0 Å². The highest BCUT2D eigenvalue weighted by molar-refractivity contribution is 7.12. The third kappa shape index (κ3) is 3.38. The summed E-state index contributed by atoms with van der Waals surface area (Å²) in [5.74, 6) is -0.483. The lowest BCUT2D eigenvalue weighted by atomic mass is 9.80. The van der Waals surface area contributed by atoms with Gasteiger partial charge in [0, 0.05) is 5.56 Å². The first kappa shape index (κ1) is 13.7. The van der Waals surface area contributed by atoms with E-state index in [2.05, 4.69) is 0 Å². The molecule has 0 bridgehead atoms. The van der Waals surface area contributed by atoms with Crippen LogP contribution >= 0.6 is 11.3 Å². The molecule has 1 heterocycles. The quantitative estimate of drug-likeness (QED) is 0.482. The molecule has 96 valence electrons. The molecule has 0 saturated carbocycles. The number of ketones is 2. The van der Waals surface area contributed by atoms with Crippen LogP contribution in [0.1, 0.15) is 26.5 Å².